The van der Waals surface area contributed by atoms with Gasteiger partial charge in [-0.3, -0.25) is 0 Å². The highest BCUT2D eigenvalue weighted by atomic mass is 16.3. The van der Waals surface area contributed by atoms with Gasteiger partial charge >= 0.3 is 0 Å². The largest absolute Gasteiger partial charge is 0.396 e. The SMILES string of the molecule is CC(CO)CNC1C(C)(C)C1(C)C. The van der Waals surface area contributed by atoms with Gasteiger partial charge in [-0.05, 0) is 16.7 Å². The van der Waals surface area contributed by atoms with E-state index in [1.54, 1.807) is 0 Å². The molecule has 2 nitrogen and oxygen atoms in total. The molecule has 0 spiro atoms. The molecule has 0 bridgehead atoms. The first-order valence-electron chi connectivity index (χ1n) is 5.18. The van der Waals surface area contributed by atoms with E-state index in [-0.39, 0.29) is 6.61 Å². The summed E-state index contributed by atoms with van der Waals surface area (Å²) in [5, 5.41) is 12.4. The minimum Gasteiger partial charge on any atom is -0.396 e. The minimum absolute atomic E-state index is 0.278. The van der Waals surface area contributed by atoms with Crippen LogP contribution >= 0.6 is 0 Å². The molecule has 13 heavy (non-hydrogen) atoms. The van der Waals surface area contributed by atoms with Crippen LogP contribution in [0.3, 0.4) is 0 Å². The molecule has 0 aromatic rings. The molecular formula is C11H23NO. The van der Waals surface area contributed by atoms with E-state index in [1.165, 1.54) is 0 Å². The van der Waals surface area contributed by atoms with Crippen molar-refractivity contribution in [1.29, 1.82) is 0 Å². The van der Waals surface area contributed by atoms with E-state index in [0.29, 0.717) is 22.8 Å². The molecule has 1 atom stereocenters. The second-order valence-electron chi connectivity index (χ2n) is 5.57. The van der Waals surface area contributed by atoms with Crippen molar-refractivity contribution in [1.82, 2.24) is 5.32 Å². The van der Waals surface area contributed by atoms with Gasteiger partial charge in [0.25, 0.3) is 0 Å². The molecule has 0 aliphatic heterocycles. The summed E-state index contributed by atoms with van der Waals surface area (Å²) in [4.78, 5) is 0. The predicted octanol–water partition coefficient (Wildman–Crippen LogP) is 1.64. The van der Waals surface area contributed by atoms with Gasteiger partial charge in [-0.2, -0.15) is 0 Å². The fourth-order valence-corrected chi connectivity index (χ4v) is 2.09. The predicted molar refractivity (Wildman–Crippen MR) is 55.6 cm³/mol. The van der Waals surface area contributed by atoms with Gasteiger partial charge in [-0.25, -0.2) is 0 Å². The van der Waals surface area contributed by atoms with Crippen LogP contribution in [0.5, 0.6) is 0 Å². The topological polar surface area (TPSA) is 32.3 Å². The summed E-state index contributed by atoms with van der Waals surface area (Å²) in [6, 6.07) is 0.606. The highest BCUT2D eigenvalue weighted by Crippen LogP contribution is 2.62. The van der Waals surface area contributed by atoms with Crippen molar-refractivity contribution in [3.63, 3.8) is 0 Å². The standard InChI is InChI=1S/C11H23NO/c1-8(7-13)6-12-9-10(2,3)11(9,4)5/h8-9,12-13H,6-7H2,1-5H3. The summed E-state index contributed by atoms with van der Waals surface area (Å²) < 4.78 is 0. The lowest BCUT2D eigenvalue weighted by molar-refractivity contribution is 0.231. The van der Waals surface area contributed by atoms with Crippen LogP contribution in [-0.2, 0) is 0 Å². The molecular weight excluding hydrogens is 162 g/mol. The van der Waals surface area contributed by atoms with Crippen LogP contribution in [0.2, 0.25) is 0 Å². The van der Waals surface area contributed by atoms with Gasteiger partial charge in [-0.1, -0.05) is 34.6 Å². The number of aliphatic hydroxyl groups is 1. The third kappa shape index (κ3) is 1.75. The summed E-state index contributed by atoms with van der Waals surface area (Å²) in [5.41, 5.74) is 0.810. The van der Waals surface area contributed by atoms with Crippen molar-refractivity contribution in [3.05, 3.63) is 0 Å². The van der Waals surface area contributed by atoms with Crippen molar-refractivity contribution in [2.24, 2.45) is 16.7 Å². The van der Waals surface area contributed by atoms with Crippen LogP contribution in [0, 0.1) is 16.7 Å². The van der Waals surface area contributed by atoms with E-state index in [0.717, 1.165) is 6.54 Å². The summed E-state index contributed by atoms with van der Waals surface area (Å²) in [7, 11) is 0. The Morgan fingerprint density at radius 1 is 1.23 bits per heavy atom. The summed E-state index contributed by atoms with van der Waals surface area (Å²) in [5.74, 6) is 0.368. The average Bonchev–Trinajstić information content (AvgIpc) is 2.40. The highest BCUT2D eigenvalue weighted by molar-refractivity contribution is 5.17. The van der Waals surface area contributed by atoms with Crippen molar-refractivity contribution >= 4 is 0 Å². The Hall–Kier alpha value is -0.0800. The molecule has 2 heteroatoms. The Labute approximate surface area is 81.7 Å². The van der Waals surface area contributed by atoms with Gasteiger partial charge in [0, 0.05) is 19.2 Å². The Morgan fingerprint density at radius 2 is 1.69 bits per heavy atom. The van der Waals surface area contributed by atoms with Crippen molar-refractivity contribution in [2.75, 3.05) is 13.2 Å². The maximum absolute atomic E-state index is 8.89. The van der Waals surface area contributed by atoms with Gasteiger partial charge in [0.1, 0.15) is 0 Å². The van der Waals surface area contributed by atoms with Crippen LogP contribution in [-0.4, -0.2) is 24.3 Å². The van der Waals surface area contributed by atoms with Gasteiger partial charge in [-0.15, -0.1) is 0 Å². The van der Waals surface area contributed by atoms with E-state index in [4.69, 9.17) is 5.11 Å². The molecule has 0 radical (unpaired) electrons. The van der Waals surface area contributed by atoms with E-state index in [2.05, 4.69) is 39.9 Å². The molecule has 2 N–H and O–H groups in total. The second-order valence-corrected chi connectivity index (χ2v) is 5.57. The third-order valence-electron chi connectivity index (χ3n) is 4.00. The Morgan fingerprint density at radius 3 is 2.00 bits per heavy atom. The van der Waals surface area contributed by atoms with E-state index >= 15 is 0 Å². The van der Waals surface area contributed by atoms with Gasteiger partial charge in [0.2, 0.25) is 0 Å². The number of hydrogen-bond acceptors (Lipinski definition) is 2. The molecule has 0 aromatic heterocycles. The molecule has 0 amide bonds. The maximum atomic E-state index is 8.89. The van der Waals surface area contributed by atoms with Crippen LogP contribution in [0.15, 0.2) is 0 Å². The van der Waals surface area contributed by atoms with E-state index in [1.807, 2.05) is 0 Å². The zero-order valence-electron chi connectivity index (χ0n) is 9.52. The van der Waals surface area contributed by atoms with Crippen molar-refractivity contribution < 1.29 is 5.11 Å². The Balaban J connectivity index is 2.34. The summed E-state index contributed by atoms with van der Waals surface area (Å²) >= 11 is 0. The number of aliphatic hydroxyl groups excluding tert-OH is 1. The van der Waals surface area contributed by atoms with E-state index < -0.39 is 0 Å². The lowest BCUT2D eigenvalue weighted by atomic mass is 10.0. The lowest BCUT2D eigenvalue weighted by Gasteiger charge is -2.10. The highest BCUT2D eigenvalue weighted by Gasteiger charge is 2.64. The molecule has 1 saturated carbocycles. The minimum atomic E-state index is 0.278. The number of rotatable bonds is 4. The smallest absolute Gasteiger partial charge is 0.0468 e. The monoisotopic (exact) mass is 185 g/mol. The third-order valence-corrected chi connectivity index (χ3v) is 4.00. The van der Waals surface area contributed by atoms with Gasteiger partial charge in [0.05, 0.1) is 0 Å². The first kappa shape index (κ1) is 11.0. The maximum Gasteiger partial charge on any atom is 0.0468 e. The Bertz CT molecular complexity index is 173. The van der Waals surface area contributed by atoms with Gasteiger partial charge in [0.15, 0.2) is 0 Å². The Kier molecular flexibility index (Phi) is 2.75. The van der Waals surface area contributed by atoms with Crippen molar-refractivity contribution in [2.45, 2.75) is 40.7 Å². The molecule has 1 aliphatic rings. The summed E-state index contributed by atoms with van der Waals surface area (Å²) in [6.07, 6.45) is 0. The zero-order chi connectivity index (χ0) is 10.3. The fourth-order valence-electron chi connectivity index (χ4n) is 2.09. The van der Waals surface area contributed by atoms with Crippen molar-refractivity contribution in [3.8, 4) is 0 Å². The van der Waals surface area contributed by atoms with Crippen LogP contribution in [0.4, 0.5) is 0 Å². The number of hydrogen-bond donors (Lipinski definition) is 2. The molecule has 1 rings (SSSR count). The molecule has 0 heterocycles. The van der Waals surface area contributed by atoms with Crippen LogP contribution in [0.1, 0.15) is 34.6 Å². The molecule has 0 saturated heterocycles. The first-order valence-corrected chi connectivity index (χ1v) is 5.18. The molecule has 0 aromatic carbocycles. The van der Waals surface area contributed by atoms with Crippen LogP contribution < -0.4 is 5.32 Å². The molecule has 1 fully saturated rings. The fraction of sp³-hybridized carbons (Fsp3) is 1.00. The molecule has 1 unspecified atom stereocenters. The quantitative estimate of drug-likeness (QED) is 0.698. The average molecular weight is 185 g/mol. The van der Waals surface area contributed by atoms with E-state index in [9.17, 15) is 0 Å². The second kappa shape index (κ2) is 3.25. The normalized spacial score (nSPS) is 27.2. The first-order chi connectivity index (χ1) is 5.84. The number of nitrogens with one attached hydrogen (secondary N) is 1. The zero-order valence-corrected chi connectivity index (χ0v) is 9.52. The molecule has 78 valence electrons. The molecule has 1 aliphatic carbocycles. The van der Waals surface area contributed by atoms with Gasteiger partial charge < -0.3 is 10.4 Å². The summed E-state index contributed by atoms with van der Waals surface area (Å²) in [6.45, 7) is 12.5. The van der Waals surface area contributed by atoms with Crippen LogP contribution in [0.25, 0.3) is 0 Å². The lowest BCUT2D eigenvalue weighted by Crippen LogP contribution is -2.28.